The highest BCUT2D eigenvalue weighted by atomic mass is 16.5. The lowest BCUT2D eigenvalue weighted by molar-refractivity contribution is -0.121. The first-order valence-corrected chi connectivity index (χ1v) is 11.3. The maximum atomic E-state index is 12.2. The van der Waals surface area contributed by atoms with Gasteiger partial charge in [-0.25, -0.2) is 5.43 Å². The molecule has 180 valence electrons. The standard InChI is InChI=1S/C26H38N4O3/c1-7-33-23-10-8-9-21(25(23)32)17-27-28-24(31)19-30(6)16-15-29(5)18-20-11-13-22(14-12-20)26(2,3)4/h8-14,17,32H,7,15-16,18-19H2,1-6H3,(H,28,31). The van der Waals surface area contributed by atoms with Gasteiger partial charge in [0.25, 0.3) is 5.91 Å². The van der Waals surface area contributed by atoms with Crippen molar-refractivity contribution in [2.75, 3.05) is 40.3 Å². The molecular weight excluding hydrogens is 416 g/mol. The van der Waals surface area contributed by atoms with Gasteiger partial charge in [0, 0.05) is 25.2 Å². The first-order chi connectivity index (χ1) is 15.6. The van der Waals surface area contributed by atoms with E-state index in [-0.39, 0.29) is 23.6 Å². The van der Waals surface area contributed by atoms with Crippen molar-refractivity contribution in [1.29, 1.82) is 0 Å². The van der Waals surface area contributed by atoms with Crippen molar-refractivity contribution in [3.05, 3.63) is 59.2 Å². The summed E-state index contributed by atoms with van der Waals surface area (Å²) in [5.74, 6) is 0.182. The molecule has 2 N–H and O–H groups in total. The van der Waals surface area contributed by atoms with E-state index in [1.807, 2.05) is 18.9 Å². The lowest BCUT2D eigenvalue weighted by Crippen LogP contribution is -2.37. The van der Waals surface area contributed by atoms with Crippen molar-refractivity contribution in [1.82, 2.24) is 15.2 Å². The van der Waals surface area contributed by atoms with Crippen LogP contribution < -0.4 is 10.2 Å². The number of nitrogens with one attached hydrogen (secondary N) is 1. The van der Waals surface area contributed by atoms with Gasteiger partial charge >= 0.3 is 0 Å². The predicted molar refractivity (Wildman–Crippen MR) is 134 cm³/mol. The maximum absolute atomic E-state index is 12.2. The van der Waals surface area contributed by atoms with E-state index in [2.05, 4.69) is 67.5 Å². The lowest BCUT2D eigenvalue weighted by Gasteiger charge is -2.22. The summed E-state index contributed by atoms with van der Waals surface area (Å²) < 4.78 is 5.35. The summed E-state index contributed by atoms with van der Waals surface area (Å²) in [7, 11) is 3.99. The van der Waals surface area contributed by atoms with Crippen LogP contribution in [0.15, 0.2) is 47.6 Å². The second-order valence-electron chi connectivity index (χ2n) is 9.34. The molecule has 0 bridgehead atoms. The quantitative estimate of drug-likeness (QED) is 0.401. The number of aromatic hydroxyl groups is 1. The van der Waals surface area contributed by atoms with Gasteiger partial charge in [-0.05, 0) is 49.7 Å². The zero-order valence-corrected chi connectivity index (χ0v) is 20.8. The van der Waals surface area contributed by atoms with Crippen molar-refractivity contribution in [2.24, 2.45) is 5.10 Å². The third-order valence-corrected chi connectivity index (χ3v) is 5.27. The number of rotatable bonds is 11. The number of hydrogen-bond acceptors (Lipinski definition) is 6. The Labute approximate surface area is 198 Å². The second-order valence-corrected chi connectivity index (χ2v) is 9.34. The van der Waals surface area contributed by atoms with Crippen molar-refractivity contribution in [3.8, 4) is 11.5 Å². The minimum Gasteiger partial charge on any atom is -0.504 e. The number of phenolic OH excluding ortho intramolecular Hbond substituents is 1. The summed E-state index contributed by atoms with van der Waals surface area (Å²) in [5, 5.41) is 14.1. The van der Waals surface area contributed by atoms with E-state index in [0.29, 0.717) is 17.9 Å². The zero-order valence-electron chi connectivity index (χ0n) is 20.8. The van der Waals surface area contributed by atoms with E-state index in [1.54, 1.807) is 18.2 Å². The number of nitrogens with zero attached hydrogens (tertiary/aromatic N) is 3. The van der Waals surface area contributed by atoms with Gasteiger partial charge in [0.1, 0.15) is 0 Å². The molecule has 0 saturated heterocycles. The van der Waals surface area contributed by atoms with Crippen LogP contribution in [0.4, 0.5) is 0 Å². The first kappa shape index (κ1) is 26.4. The highest BCUT2D eigenvalue weighted by molar-refractivity contribution is 5.86. The molecule has 2 rings (SSSR count). The summed E-state index contributed by atoms with van der Waals surface area (Å²) in [5.41, 5.74) is 5.75. The highest BCUT2D eigenvalue weighted by Crippen LogP contribution is 2.28. The van der Waals surface area contributed by atoms with Gasteiger partial charge in [0.15, 0.2) is 11.5 Å². The van der Waals surface area contributed by atoms with E-state index >= 15 is 0 Å². The topological polar surface area (TPSA) is 77.4 Å². The zero-order chi connectivity index (χ0) is 24.4. The van der Waals surface area contributed by atoms with E-state index in [0.717, 1.165) is 19.6 Å². The van der Waals surface area contributed by atoms with Gasteiger partial charge in [0.05, 0.1) is 19.4 Å². The van der Waals surface area contributed by atoms with Crippen molar-refractivity contribution in [3.63, 3.8) is 0 Å². The third-order valence-electron chi connectivity index (χ3n) is 5.27. The molecule has 0 saturated carbocycles. The Kier molecular flexibility index (Phi) is 9.88. The number of likely N-dealkylation sites (N-methyl/N-ethyl adjacent to an activating group) is 2. The molecule has 0 heterocycles. The predicted octanol–water partition coefficient (Wildman–Crippen LogP) is 3.60. The van der Waals surface area contributed by atoms with Gasteiger partial charge in [-0.15, -0.1) is 0 Å². The van der Waals surface area contributed by atoms with Gasteiger partial charge in [-0.3, -0.25) is 9.69 Å². The summed E-state index contributed by atoms with van der Waals surface area (Å²) in [6.45, 7) is 11.6. The molecular formula is C26H38N4O3. The van der Waals surface area contributed by atoms with Crippen LogP contribution >= 0.6 is 0 Å². The molecule has 7 heteroatoms. The summed E-state index contributed by atoms with van der Waals surface area (Å²) in [4.78, 5) is 16.4. The molecule has 1 amide bonds. The van der Waals surface area contributed by atoms with Crippen LogP contribution in [-0.4, -0.2) is 67.4 Å². The van der Waals surface area contributed by atoms with Crippen molar-refractivity contribution < 1.29 is 14.6 Å². The third kappa shape index (κ3) is 8.86. The maximum Gasteiger partial charge on any atom is 0.254 e. The van der Waals surface area contributed by atoms with Crippen molar-refractivity contribution >= 4 is 12.1 Å². The number of phenols is 1. The van der Waals surface area contributed by atoms with Gasteiger partial charge in [-0.1, -0.05) is 51.1 Å². The lowest BCUT2D eigenvalue weighted by atomic mass is 9.87. The normalized spacial score (nSPS) is 12.0. The van der Waals surface area contributed by atoms with Gasteiger partial charge in [-0.2, -0.15) is 5.10 Å². The molecule has 0 unspecified atom stereocenters. The number of hydrogen-bond donors (Lipinski definition) is 2. The van der Waals surface area contributed by atoms with E-state index in [9.17, 15) is 9.90 Å². The number of amides is 1. The molecule has 7 nitrogen and oxygen atoms in total. The molecule has 33 heavy (non-hydrogen) atoms. The summed E-state index contributed by atoms with van der Waals surface area (Å²) >= 11 is 0. The molecule has 0 radical (unpaired) electrons. The fraction of sp³-hybridized carbons (Fsp3) is 0.462. The summed E-state index contributed by atoms with van der Waals surface area (Å²) in [6.07, 6.45) is 1.41. The minimum atomic E-state index is -0.213. The van der Waals surface area contributed by atoms with Crippen molar-refractivity contribution in [2.45, 2.75) is 39.7 Å². The van der Waals surface area contributed by atoms with E-state index in [4.69, 9.17) is 4.74 Å². The number of benzene rings is 2. The number of ether oxygens (including phenoxy) is 1. The van der Waals surface area contributed by atoms with Crippen LogP contribution in [0.25, 0.3) is 0 Å². The monoisotopic (exact) mass is 454 g/mol. The Morgan fingerprint density at radius 2 is 1.76 bits per heavy atom. The summed E-state index contributed by atoms with van der Waals surface area (Å²) in [6, 6.07) is 13.9. The fourth-order valence-corrected chi connectivity index (χ4v) is 3.29. The molecule has 0 fully saturated rings. The van der Waals surface area contributed by atoms with E-state index < -0.39 is 0 Å². The molecule has 0 aliphatic carbocycles. The Balaban J connectivity index is 1.74. The fourth-order valence-electron chi connectivity index (χ4n) is 3.29. The molecule has 2 aromatic carbocycles. The van der Waals surface area contributed by atoms with E-state index in [1.165, 1.54) is 17.3 Å². The molecule has 0 aromatic heterocycles. The molecule has 0 aliphatic rings. The van der Waals surface area contributed by atoms with Crippen LogP contribution in [0, 0.1) is 0 Å². The Morgan fingerprint density at radius 1 is 1.09 bits per heavy atom. The van der Waals surface area contributed by atoms with Gasteiger partial charge < -0.3 is 14.7 Å². The second kappa shape index (κ2) is 12.4. The minimum absolute atomic E-state index is 0.00514. The molecule has 0 aliphatic heterocycles. The molecule has 0 atom stereocenters. The Hall–Kier alpha value is -2.90. The van der Waals surface area contributed by atoms with Crippen LogP contribution in [0.5, 0.6) is 11.5 Å². The SMILES string of the molecule is CCOc1cccc(C=NNC(=O)CN(C)CCN(C)Cc2ccc(C(C)(C)C)cc2)c1O. The number of para-hydroxylation sites is 1. The Morgan fingerprint density at radius 3 is 2.39 bits per heavy atom. The first-order valence-electron chi connectivity index (χ1n) is 11.3. The number of carbonyl (C=O) groups excluding carboxylic acids is 1. The van der Waals surface area contributed by atoms with Crippen LogP contribution in [0.2, 0.25) is 0 Å². The number of carbonyl (C=O) groups is 1. The average molecular weight is 455 g/mol. The largest absolute Gasteiger partial charge is 0.504 e. The highest BCUT2D eigenvalue weighted by Gasteiger charge is 2.13. The van der Waals surface area contributed by atoms with Crippen LogP contribution in [0.3, 0.4) is 0 Å². The Bertz CT molecular complexity index is 920. The molecule has 2 aromatic rings. The number of hydrazone groups is 1. The van der Waals surface area contributed by atoms with Gasteiger partial charge in [0.2, 0.25) is 0 Å². The molecule has 0 spiro atoms. The van der Waals surface area contributed by atoms with Crippen LogP contribution in [-0.2, 0) is 16.8 Å². The smallest absolute Gasteiger partial charge is 0.254 e. The average Bonchev–Trinajstić information content (AvgIpc) is 2.75. The van der Waals surface area contributed by atoms with Crippen LogP contribution in [0.1, 0.15) is 44.4 Å².